The Hall–Kier alpha value is -1.62. The molecule has 2 rings (SSSR count). The molecule has 1 aromatic carbocycles. The van der Waals surface area contributed by atoms with Gasteiger partial charge in [-0.05, 0) is 32.6 Å². The van der Waals surface area contributed by atoms with E-state index >= 15 is 0 Å². The Labute approximate surface area is 133 Å². The fourth-order valence-electron chi connectivity index (χ4n) is 2.67. The van der Waals surface area contributed by atoms with Gasteiger partial charge < -0.3 is 9.52 Å². The Balaban J connectivity index is 1.74. The Morgan fingerprint density at radius 2 is 1.64 bits per heavy atom. The summed E-state index contributed by atoms with van der Waals surface area (Å²) in [5, 5.41) is 10.3. The van der Waals surface area contributed by atoms with Crippen LogP contribution in [0.3, 0.4) is 0 Å². The van der Waals surface area contributed by atoms with E-state index in [0.29, 0.717) is 13.1 Å². The number of rotatable bonds is 8. The van der Waals surface area contributed by atoms with E-state index in [0.717, 1.165) is 18.8 Å². The van der Waals surface area contributed by atoms with Crippen LogP contribution in [0.25, 0.3) is 0 Å². The minimum absolute atomic E-state index is 0.370. The van der Waals surface area contributed by atoms with Gasteiger partial charge in [-0.3, -0.25) is 9.80 Å². The van der Waals surface area contributed by atoms with Crippen molar-refractivity contribution in [2.45, 2.75) is 26.1 Å². The predicted octanol–water partition coefficient (Wildman–Crippen LogP) is 2.51. The van der Waals surface area contributed by atoms with Crippen LogP contribution < -0.4 is 0 Å². The number of furan rings is 1. The average molecular weight is 302 g/mol. The van der Waals surface area contributed by atoms with Gasteiger partial charge in [0, 0.05) is 31.7 Å². The van der Waals surface area contributed by atoms with Crippen molar-refractivity contribution in [1.29, 1.82) is 0 Å². The fraction of sp³-hybridized carbons (Fsp3) is 0.444. The molecule has 0 radical (unpaired) electrons. The van der Waals surface area contributed by atoms with Crippen molar-refractivity contribution in [2.24, 2.45) is 0 Å². The fourth-order valence-corrected chi connectivity index (χ4v) is 2.67. The minimum Gasteiger partial charge on any atom is -0.469 e. The van der Waals surface area contributed by atoms with E-state index in [-0.39, 0.29) is 6.10 Å². The van der Waals surface area contributed by atoms with Gasteiger partial charge >= 0.3 is 0 Å². The first-order valence-electron chi connectivity index (χ1n) is 7.66. The van der Waals surface area contributed by atoms with Crippen molar-refractivity contribution in [3.63, 3.8) is 0 Å². The first-order valence-corrected chi connectivity index (χ1v) is 7.66. The number of hydrogen-bond acceptors (Lipinski definition) is 4. The molecule has 120 valence electrons. The van der Waals surface area contributed by atoms with Gasteiger partial charge in [0.05, 0.1) is 12.4 Å². The monoisotopic (exact) mass is 302 g/mol. The Bertz CT molecular complexity index is 553. The lowest BCUT2D eigenvalue weighted by molar-refractivity contribution is 0.0866. The molecule has 0 fully saturated rings. The normalized spacial score (nSPS) is 13.0. The summed E-state index contributed by atoms with van der Waals surface area (Å²) in [7, 11) is 4.06. The number of nitrogens with zero attached hydrogens (tertiary/aromatic N) is 2. The number of likely N-dealkylation sites (N-methyl/N-ethyl adjacent to an activating group) is 2. The van der Waals surface area contributed by atoms with Crippen molar-refractivity contribution in [3.8, 4) is 0 Å². The lowest BCUT2D eigenvalue weighted by atomic mass is 10.2. The van der Waals surface area contributed by atoms with Crippen LogP contribution in [0.2, 0.25) is 0 Å². The molecule has 1 atom stereocenters. The number of aryl methyl sites for hydroxylation is 1. The predicted molar refractivity (Wildman–Crippen MR) is 88.6 cm³/mol. The SMILES string of the molecule is Cc1occc1CN(C)CC(O)CN(C)Cc1ccccc1. The van der Waals surface area contributed by atoms with E-state index in [1.807, 2.05) is 45.3 Å². The second kappa shape index (κ2) is 8.13. The maximum atomic E-state index is 10.3. The van der Waals surface area contributed by atoms with E-state index in [2.05, 4.69) is 21.9 Å². The van der Waals surface area contributed by atoms with Crippen molar-refractivity contribution in [1.82, 2.24) is 9.80 Å². The number of hydrogen-bond donors (Lipinski definition) is 1. The lowest BCUT2D eigenvalue weighted by Crippen LogP contribution is -2.37. The van der Waals surface area contributed by atoms with Crippen molar-refractivity contribution in [2.75, 3.05) is 27.2 Å². The zero-order valence-corrected chi connectivity index (χ0v) is 13.7. The summed E-state index contributed by atoms with van der Waals surface area (Å²) in [5.41, 5.74) is 2.44. The molecule has 1 N–H and O–H groups in total. The second-order valence-electron chi connectivity index (χ2n) is 6.03. The summed E-state index contributed by atoms with van der Waals surface area (Å²) in [4.78, 5) is 4.27. The summed E-state index contributed by atoms with van der Waals surface area (Å²) >= 11 is 0. The third kappa shape index (κ3) is 5.30. The summed E-state index contributed by atoms with van der Waals surface area (Å²) in [6, 6.07) is 12.3. The van der Waals surface area contributed by atoms with Gasteiger partial charge in [-0.2, -0.15) is 0 Å². The first-order chi connectivity index (χ1) is 10.5. The molecule has 0 saturated heterocycles. The smallest absolute Gasteiger partial charge is 0.105 e. The number of benzene rings is 1. The van der Waals surface area contributed by atoms with Gasteiger partial charge in [-0.25, -0.2) is 0 Å². The standard InChI is InChI=1S/C18H26N2O2/c1-15-17(9-10-22-15)12-20(3)14-18(21)13-19(2)11-16-7-5-4-6-8-16/h4-10,18,21H,11-14H2,1-3H3. The van der Waals surface area contributed by atoms with Crippen LogP contribution in [-0.2, 0) is 13.1 Å². The molecule has 22 heavy (non-hydrogen) atoms. The summed E-state index contributed by atoms with van der Waals surface area (Å²) in [6.07, 6.45) is 1.34. The van der Waals surface area contributed by atoms with Crippen LogP contribution in [0, 0.1) is 6.92 Å². The maximum absolute atomic E-state index is 10.3. The van der Waals surface area contributed by atoms with Gasteiger partial charge in [-0.15, -0.1) is 0 Å². The van der Waals surface area contributed by atoms with Gasteiger partial charge in [0.1, 0.15) is 5.76 Å². The minimum atomic E-state index is -0.370. The summed E-state index contributed by atoms with van der Waals surface area (Å²) in [5.74, 6) is 0.947. The van der Waals surface area contributed by atoms with Crippen molar-refractivity contribution < 1.29 is 9.52 Å². The van der Waals surface area contributed by atoms with E-state index in [4.69, 9.17) is 4.42 Å². The van der Waals surface area contributed by atoms with Crippen molar-refractivity contribution >= 4 is 0 Å². The van der Waals surface area contributed by atoms with Crippen LogP contribution in [0.5, 0.6) is 0 Å². The van der Waals surface area contributed by atoms with Crippen LogP contribution in [0.15, 0.2) is 47.1 Å². The van der Waals surface area contributed by atoms with E-state index < -0.39 is 0 Å². The molecule has 0 amide bonds. The van der Waals surface area contributed by atoms with Gasteiger partial charge in [0.2, 0.25) is 0 Å². The van der Waals surface area contributed by atoms with Gasteiger partial charge in [0.25, 0.3) is 0 Å². The van der Waals surface area contributed by atoms with E-state index in [9.17, 15) is 5.11 Å². The third-order valence-electron chi connectivity index (χ3n) is 3.75. The molecule has 1 aromatic heterocycles. The quantitative estimate of drug-likeness (QED) is 0.813. The molecule has 1 heterocycles. The average Bonchev–Trinajstić information content (AvgIpc) is 2.84. The summed E-state index contributed by atoms with van der Waals surface area (Å²) in [6.45, 7) is 4.91. The molecule has 2 aromatic rings. The third-order valence-corrected chi connectivity index (χ3v) is 3.75. The molecular formula is C18H26N2O2. The molecule has 1 unspecified atom stereocenters. The van der Waals surface area contributed by atoms with Gasteiger partial charge in [0.15, 0.2) is 0 Å². The first kappa shape index (κ1) is 16.7. The van der Waals surface area contributed by atoms with Crippen molar-refractivity contribution in [3.05, 3.63) is 59.5 Å². The molecule has 0 bridgehead atoms. The van der Waals surface area contributed by atoms with Crippen LogP contribution in [0.4, 0.5) is 0 Å². The second-order valence-corrected chi connectivity index (χ2v) is 6.03. The molecule has 0 saturated carbocycles. The Kier molecular flexibility index (Phi) is 6.19. The highest BCUT2D eigenvalue weighted by atomic mass is 16.3. The molecule has 4 nitrogen and oxygen atoms in total. The van der Waals surface area contributed by atoms with E-state index in [1.54, 1.807) is 6.26 Å². The highest BCUT2D eigenvalue weighted by Crippen LogP contribution is 2.11. The zero-order chi connectivity index (χ0) is 15.9. The zero-order valence-electron chi connectivity index (χ0n) is 13.7. The molecule has 0 aliphatic carbocycles. The molecular weight excluding hydrogens is 276 g/mol. The largest absolute Gasteiger partial charge is 0.469 e. The number of aliphatic hydroxyl groups excluding tert-OH is 1. The topological polar surface area (TPSA) is 39.9 Å². The molecule has 0 aliphatic heterocycles. The summed E-state index contributed by atoms with van der Waals surface area (Å²) < 4.78 is 5.30. The Morgan fingerprint density at radius 1 is 1.00 bits per heavy atom. The van der Waals surface area contributed by atoms with Crippen LogP contribution in [-0.4, -0.2) is 48.2 Å². The molecule has 0 spiro atoms. The Morgan fingerprint density at radius 3 is 2.23 bits per heavy atom. The van der Waals surface area contributed by atoms with Crippen LogP contribution >= 0.6 is 0 Å². The maximum Gasteiger partial charge on any atom is 0.105 e. The van der Waals surface area contributed by atoms with E-state index in [1.165, 1.54) is 11.1 Å². The number of aliphatic hydroxyl groups is 1. The lowest BCUT2D eigenvalue weighted by Gasteiger charge is -2.24. The van der Waals surface area contributed by atoms with Gasteiger partial charge in [-0.1, -0.05) is 30.3 Å². The highest BCUT2D eigenvalue weighted by Gasteiger charge is 2.13. The highest BCUT2D eigenvalue weighted by molar-refractivity contribution is 5.15. The molecule has 4 heteroatoms. The molecule has 0 aliphatic rings. The van der Waals surface area contributed by atoms with Crippen LogP contribution in [0.1, 0.15) is 16.9 Å².